The van der Waals surface area contributed by atoms with Gasteiger partial charge in [-0.1, -0.05) is 32.0 Å². The minimum atomic E-state index is 0.427. The van der Waals surface area contributed by atoms with Crippen LogP contribution in [0.2, 0.25) is 0 Å². The summed E-state index contributed by atoms with van der Waals surface area (Å²) in [7, 11) is 1.99. The monoisotopic (exact) mass is 258 g/mol. The van der Waals surface area contributed by atoms with Crippen molar-refractivity contribution in [1.82, 2.24) is 0 Å². The zero-order valence-electron chi connectivity index (χ0n) is 11.0. The minimum absolute atomic E-state index is 0.427. The lowest BCUT2D eigenvalue weighted by molar-refractivity contribution is 1.12. The van der Waals surface area contributed by atoms with Crippen molar-refractivity contribution in [2.45, 2.75) is 19.1 Å². The van der Waals surface area contributed by atoms with Gasteiger partial charge in [0, 0.05) is 24.2 Å². The van der Waals surface area contributed by atoms with Crippen LogP contribution >= 0.6 is 11.8 Å². The van der Waals surface area contributed by atoms with E-state index in [0.29, 0.717) is 5.25 Å². The third kappa shape index (κ3) is 5.11. The fraction of sp³-hybridized carbons (Fsp3) is 0.267. The van der Waals surface area contributed by atoms with Gasteiger partial charge in [-0.15, -0.1) is 11.8 Å². The Morgan fingerprint density at radius 3 is 2.56 bits per heavy atom. The summed E-state index contributed by atoms with van der Waals surface area (Å²) in [6.45, 7) is 4.16. The molecule has 0 aliphatic heterocycles. The van der Waals surface area contributed by atoms with Gasteiger partial charge in [0.05, 0.1) is 4.91 Å². The molecule has 0 saturated carbocycles. The van der Waals surface area contributed by atoms with Crippen LogP contribution < -0.4 is 4.90 Å². The molecule has 0 spiro atoms. The average molecular weight is 258 g/mol. The molecule has 18 heavy (non-hydrogen) atoms. The highest BCUT2D eigenvalue weighted by atomic mass is 32.2. The molecule has 0 aliphatic rings. The van der Waals surface area contributed by atoms with Gasteiger partial charge in [0.15, 0.2) is 0 Å². The van der Waals surface area contributed by atoms with Crippen molar-refractivity contribution in [2.24, 2.45) is 0 Å². The Morgan fingerprint density at radius 1 is 1.33 bits per heavy atom. The largest absolute Gasteiger partial charge is 0.351 e. The fourth-order valence-electron chi connectivity index (χ4n) is 1.37. The van der Waals surface area contributed by atoms with Crippen molar-refractivity contribution in [1.29, 1.82) is 5.26 Å². The van der Waals surface area contributed by atoms with Crippen LogP contribution in [-0.4, -0.2) is 12.3 Å². The zero-order valence-corrected chi connectivity index (χ0v) is 11.8. The number of thioether (sulfide) groups is 1. The number of allylic oxidation sites excluding steroid dienone is 3. The van der Waals surface area contributed by atoms with Gasteiger partial charge in [-0.3, -0.25) is 0 Å². The molecule has 3 heteroatoms. The van der Waals surface area contributed by atoms with E-state index < -0.39 is 0 Å². The SMILES string of the molecule is CC(C)S/C(C#N)=C\C=C\N(C)c1ccccc1. The second-order valence-electron chi connectivity index (χ2n) is 4.10. The van der Waals surface area contributed by atoms with Crippen LogP contribution in [0, 0.1) is 11.3 Å². The first-order valence-corrected chi connectivity index (χ1v) is 6.74. The lowest BCUT2D eigenvalue weighted by Crippen LogP contribution is -2.06. The van der Waals surface area contributed by atoms with Crippen LogP contribution in [-0.2, 0) is 0 Å². The Bertz CT molecular complexity index is 455. The van der Waals surface area contributed by atoms with Crippen LogP contribution in [0.25, 0.3) is 0 Å². The predicted octanol–water partition coefficient (Wildman–Crippen LogP) is 4.19. The summed E-state index contributed by atoms with van der Waals surface area (Å²) in [5.74, 6) is 0. The van der Waals surface area contributed by atoms with Gasteiger partial charge in [-0.2, -0.15) is 5.26 Å². The number of nitriles is 1. The molecular weight excluding hydrogens is 240 g/mol. The van der Waals surface area contributed by atoms with E-state index in [4.69, 9.17) is 5.26 Å². The zero-order chi connectivity index (χ0) is 13.4. The lowest BCUT2D eigenvalue weighted by atomic mass is 10.3. The van der Waals surface area contributed by atoms with E-state index in [0.717, 1.165) is 10.6 Å². The van der Waals surface area contributed by atoms with E-state index in [1.54, 1.807) is 11.8 Å². The summed E-state index contributed by atoms with van der Waals surface area (Å²) in [4.78, 5) is 2.76. The van der Waals surface area contributed by atoms with Crippen molar-refractivity contribution in [3.8, 4) is 6.07 Å². The van der Waals surface area contributed by atoms with Crippen molar-refractivity contribution in [3.05, 3.63) is 53.6 Å². The first-order valence-electron chi connectivity index (χ1n) is 5.86. The Kier molecular flexibility index (Phi) is 6.10. The number of para-hydroxylation sites is 1. The molecule has 0 N–H and O–H groups in total. The Hall–Kier alpha value is -1.66. The summed E-state index contributed by atoms with van der Waals surface area (Å²) in [5.41, 5.74) is 1.12. The van der Waals surface area contributed by atoms with Gasteiger partial charge in [-0.25, -0.2) is 0 Å². The molecule has 0 unspecified atom stereocenters. The van der Waals surface area contributed by atoms with Crippen LogP contribution in [0.15, 0.2) is 53.6 Å². The predicted molar refractivity (Wildman–Crippen MR) is 80.4 cm³/mol. The van der Waals surface area contributed by atoms with Crippen molar-refractivity contribution < 1.29 is 0 Å². The molecule has 0 atom stereocenters. The van der Waals surface area contributed by atoms with Crippen LogP contribution in [0.3, 0.4) is 0 Å². The average Bonchev–Trinajstić information content (AvgIpc) is 2.38. The molecule has 0 aromatic heterocycles. The molecule has 1 aromatic carbocycles. The van der Waals surface area contributed by atoms with Gasteiger partial charge < -0.3 is 4.90 Å². The standard InChI is InChI=1S/C15H18N2S/c1-13(2)18-15(12-16)10-7-11-17(3)14-8-5-4-6-9-14/h4-11,13H,1-3H3/b11-7+,15-10-. The molecule has 0 radical (unpaired) electrons. The molecule has 1 aromatic rings. The maximum absolute atomic E-state index is 8.97. The van der Waals surface area contributed by atoms with E-state index in [1.807, 2.05) is 60.6 Å². The summed E-state index contributed by atoms with van der Waals surface area (Å²) in [5, 5.41) is 9.40. The number of rotatable bonds is 5. The summed E-state index contributed by atoms with van der Waals surface area (Å²) in [6, 6.07) is 12.3. The number of benzene rings is 1. The Labute approximate surface area is 114 Å². The van der Waals surface area contributed by atoms with Crippen LogP contribution in [0.5, 0.6) is 0 Å². The number of hydrogen-bond acceptors (Lipinski definition) is 3. The Balaban J connectivity index is 2.64. The minimum Gasteiger partial charge on any atom is -0.351 e. The molecule has 0 amide bonds. The molecule has 0 fully saturated rings. The second-order valence-corrected chi connectivity index (χ2v) is 5.72. The van der Waals surface area contributed by atoms with Gasteiger partial charge in [0.2, 0.25) is 0 Å². The van der Waals surface area contributed by atoms with Crippen molar-refractivity contribution >= 4 is 17.4 Å². The summed E-state index contributed by atoms with van der Waals surface area (Å²) in [6.07, 6.45) is 5.71. The Morgan fingerprint density at radius 2 is 2.00 bits per heavy atom. The molecule has 0 bridgehead atoms. The summed E-state index contributed by atoms with van der Waals surface area (Å²) < 4.78 is 0. The van der Waals surface area contributed by atoms with Crippen molar-refractivity contribution in [2.75, 3.05) is 11.9 Å². The second kappa shape index (κ2) is 7.62. The molecule has 1 rings (SSSR count). The van der Waals surface area contributed by atoms with Gasteiger partial charge in [0.1, 0.15) is 6.07 Å². The van der Waals surface area contributed by atoms with Crippen LogP contribution in [0.4, 0.5) is 5.69 Å². The first kappa shape index (κ1) is 14.4. The number of nitrogens with zero attached hydrogens (tertiary/aromatic N) is 2. The van der Waals surface area contributed by atoms with E-state index >= 15 is 0 Å². The molecule has 0 aliphatic carbocycles. The normalized spacial score (nSPS) is 11.8. The highest BCUT2D eigenvalue weighted by Gasteiger charge is 1.99. The maximum Gasteiger partial charge on any atom is 0.106 e. The highest BCUT2D eigenvalue weighted by Crippen LogP contribution is 2.20. The van der Waals surface area contributed by atoms with E-state index in [2.05, 4.69) is 19.9 Å². The maximum atomic E-state index is 8.97. The number of hydrogen-bond donors (Lipinski definition) is 0. The first-order chi connectivity index (χ1) is 8.63. The number of anilines is 1. The van der Waals surface area contributed by atoms with Gasteiger partial charge in [0.25, 0.3) is 0 Å². The topological polar surface area (TPSA) is 27.0 Å². The molecule has 0 heterocycles. The van der Waals surface area contributed by atoms with Crippen LogP contribution in [0.1, 0.15) is 13.8 Å². The third-order valence-electron chi connectivity index (χ3n) is 2.19. The van der Waals surface area contributed by atoms with Gasteiger partial charge in [-0.05, 0) is 24.3 Å². The molecule has 94 valence electrons. The molecular formula is C15H18N2S. The van der Waals surface area contributed by atoms with Gasteiger partial charge >= 0.3 is 0 Å². The smallest absolute Gasteiger partial charge is 0.106 e. The van der Waals surface area contributed by atoms with E-state index in [1.165, 1.54) is 0 Å². The van der Waals surface area contributed by atoms with Crippen molar-refractivity contribution in [3.63, 3.8) is 0 Å². The quantitative estimate of drug-likeness (QED) is 0.585. The molecule has 2 nitrogen and oxygen atoms in total. The van der Waals surface area contributed by atoms with E-state index in [9.17, 15) is 0 Å². The van der Waals surface area contributed by atoms with E-state index in [-0.39, 0.29) is 0 Å². The third-order valence-corrected chi connectivity index (χ3v) is 3.15. The molecule has 0 saturated heterocycles. The summed E-state index contributed by atoms with van der Waals surface area (Å²) >= 11 is 1.58. The lowest BCUT2D eigenvalue weighted by Gasteiger charge is -2.13. The fourth-order valence-corrected chi connectivity index (χ4v) is 2.08. The highest BCUT2D eigenvalue weighted by molar-refractivity contribution is 8.03.